The van der Waals surface area contributed by atoms with Crippen molar-refractivity contribution in [2.45, 2.75) is 52.2 Å². The highest BCUT2D eigenvalue weighted by atomic mass is 79.9. The Morgan fingerprint density at radius 1 is 0.897 bits per heavy atom. The standard InChI is InChI=1S/C30H36BrN3O4S/c1-22-11-17-26(18-12-22)34(39(5,37)38)21-28(35)33(20-24-13-15-25(31)16-14-24)27(29(36)32-30(2,3)4)19-23-9-7-6-8-10-23/h6-18,27H,19-21H2,1-5H3,(H,32,36)/t27-/m0/s1. The summed E-state index contributed by atoms with van der Waals surface area (Å²) in [6.07, 6.45) is 1.35. The molecule has 1 N–H and O–H groups in total. The molecule has 0 aliphatic heterocycles. The zero-order valence-corrected chi connectivity index (χ0v) is 25.4. The second kappa shape index (κ2) is 12.8. The SMILES string of the molecule is Cc1ccc(N(CC(=O)N(Cc2ccc(Br)cc2)[C@@H](Cc2ccccc2)C(=O)NC(C)(C)C)S(C)(=O)=O)cc1. The molecule has 39 heavy (non-hydrogen) atoms. The largest absolute Gasteiger partial charge is 0.350 e. The maximum atomic E-state index is 14.0. The molecular formula is C30H36BrN3O4S. The summed E-state index contributed by atoms with van der Waals surface area (Å²) in [6.45, 7) is 7.25. The van der Waals surface area contributed by atoms with Crippen LogP contribution in [-0.4, -0.2) is 49.5 Å². The Labute approximate surface area is 240 Å². The molecule has 0 spiro atoms. The van der Waals surface area contributed by atoms with Crippen LogP contribution in [-0.2, 0) is 32.6 Å². The molecule has 0 saturated heterocycles. The molecule has 3 aromatic carbocycles. The number of hydrogen-bond acceptors (Lipinski definition) is 4. The van der Waals surface area contributed by atoms with Crippen LogP contribution in [0.2, 0.25) is 0 Å². The molecule has 0 unspecified atom stereocenters. The number of rotatable bonds is 10. The minimum absolute atomic E-state index is 0.132. The molecular weight excluding hydrogens is 578 g/mol. The number of hydrogen-bond donors (Lipinski definition) is 1. The van der Waals surface area contributed by atoms with Crippen molar-refractivity contribution < 1.29 is 18.0 Å². The van der Waals surface area contributed by atoms with Crippen LogP contribution in [0.4, 0.5) is 5.69 Å². The molecule has 1 atom stereocenters. The number of sulfonamides is 1. The number of amides is 2. The summed E-state index contributed by atoms with van der Waals surface area (Å²) in [5, 5.41) is 3.02. The first-order chi connectivity index (χ1) is 18.2. The lowest BCUT2D eigenvalue weighted by Crippen LogP contribution is -2.56. The molecule has 0 bridgehead atoms. The minimum atomic E-state index is -3.79. The molecule has 0 aliphatic rings. The molecule has 0 saturated carbocycles. The lowest BCUT2D eigenvalue weighted by Gasteiger charge is -2.35. The van der Waals surface area contributed by atoms with E-state index in [0.29, 0.717) is 5.69 Å². The van der Waals surface area contributed by atoms with E-state index in [9.17, 15) is 18.0 Å². The topological polar surface area (TPSA) is 86.8 Å². The summed E-state index contributed by atoms with van der Waals surface area (Å²) in [6, 6.07) is 23.1. The lowest BCUT2D eigenvalue weighted by atomic mass is 10.0. The maximum Gasteiger partial charge on any atom is 0.244 e. The fourth-order valence-electron chi connectivity index (χ4n) is 4.12. The predicted octanol–water partition coefficient (Wildman–Crippen LogP) is 5.08. The average Bonchev–Trinajstić information content (AvgIpc) is 2.85. The molecule has 2 amide bonds. The molecule has 0 aliphatic carbocycles. The van der Waals surface area contributed by atoms with E-state index in [4.69, 9.17) is 0 Å². The maximum absolute atomic E-state index is 14.0. The number of halogens is 1. The minimum Gasteiger partial charge on any atom is -0.350 e. The van der Waals surface area contributed by atoms with E-state index in [1.165, 1.54) is 4.90 Å². The van der Waals surface area contributed by atoms with Gasteiger partial charge in [-0.1, -0.05) is 76.1 Å². The molecule has 0 aromatic heterocycles. The Balaban J connectivity index is 2.06. The fourth-order valence-corrected chi connectivity index (χ4v) is 5.23. The molecule has 0 radical (unpaired) electrons. The molecule has 7 nitrogen and oxygen atoms in total. The smallest absolute Gasteiger partial charge is 0.244 e. The average molecular weight is 615 g/mol. The van der Waals surface area contributed by atoms with Crippen LogP contribution in [0.15, 0.2) is 83.3 Å². The Bertz CT molecular complexity index is 1370. The molecule has 0 heterocycles. The van der Waals surface area contributed by atoms with E-state index in [0.717, 1.165) is 31.7 Å². The first kappa shape index (κ1) is 30.4. The normalized spacial score (nSPS) is 12.5. The quantitative estimate of drug-likeness (QED) is 0.345. The van der Waals surface area contributed by atoms with Gasteiger partial charge in [-0.05, 0) is 63.1 Å². The second-order valence-electron chi connectivity index (χ2n) is 10.7. The Morgan fingerprint density at radius 3 is 2.03 bits per heavy atom. The van der Waals surface area contributed by atoms with E-state index in [1.54, 1.807) is 24.3 Å². The number of carbonyl (C=O) groups excluding carboxylic acids is 2. The van der Waals surface area contributed by atoms with Crippen molar-refractivity contribution in [3.63, 3.8) is 0 Å². The number of nitrogens with one attached hydrogen (secondary N) is 1. The van der Waals surface area contributed by atoms with Gasteiger partial charge in [0.05, 0.1) is 11.9 Å². The molecule has 208 valence electrons. The van der Waals surface area contributed by atoms with Gasteiger partial charge in [0.15, 0.2) is 0 Å². The summed E-state index contributed by atoms with van der Waals surface area (Å²) in [4.78, 5) is 29.2. The van der Waals surface area contributed by atoms with Gasteiger partial charge in [0.1, 0.15) is 12.6 Å². The third-order valence-corrected chi connectivity index (χ3v) is 7.71. The van der Waals surface area contributed by atoms with Crippen molar-refractivity contribution in [2.75, 3.05) is 17.1 Å². The van der Waals surface area contributed by atoms with Crippen LogP contribution in [0.1, 0.15) is 37.5 Å². The van der Waals surface area contributed by atoms with Crippen molar-refractivity contribution in [3.8, 4) is 0 Å². The summed E-state index contributed by atoms with van der Waals surface area (Å²) >= 11 is 3.44. The van der Waals surface area contributed by atoms with E-state index >= 15 is 0 Å². The molecule has 3 aromatic rings. The van der Waals surface area contributed by atoms with E-state index in [-0.39, 0.29) is 18.9 Å². The third-order valence-electron chi connectivity index (χ3n) is 6.04. The predicted molar refractivity (Wildman–Crippen MR) is 160 cm³/mol. The van der Waals surface area contributed by atoms with Crippen molar-refractivity contribution in [1.82, 2.24) is 10.2 Å². The van der Waals surface area contributed by atoms with Crippen LogP contribution in [0, 0.1) is 6.92 Å². The van der Waals surface area contributed by atoms with Crippen molar-refractivity contribution >= 4 is 43.5 Å². The molecule has 9 heteroatoms. The van der Waals surface area contributed by atoms with Gasteiger partial charge in [0.2, 0.25) is 21.8 Å². The van der Waals surface area contributed by atoms with Crippen molar-refractivity contribution in [1.29, 1.82) is 0 Å². The van der Waals surface area contributed by atoms with Crippen LogP contribution >= 0.6 is 15.9 Å². The number of carbonyl (C=O) groups is 2. The Morgan fingerprint density at radius 2 is 1.49 bits per heavy atom. The van der Waals surface area contributed by atoms with Gasteiger partial charge >= 0.3 is 0 Å². The first-order valence-electron chi connectivity index (χ1n) is 12.7. The van der Waals surface area contributed by atoms with Crippen LogP contribution in [0.3, 0.4) is 0 Å². The van der Waals surface area contributed by atoms with Gasteiger partial charge in [0.25, 0.3) is 0 Å². The van der Waals surface area contributed by atoms with E-state index < -0.39 is 34.1 Å². The highest BCUT2D eigenvalue weighted by Gasteiger charge is 2.34. The monoisotopic (exact) mass is 613 g/mol. The van der Waals surface area contributed by atoms with Gasteiger partial charge in [-0.2, -0.15) is 0 Å². The number of aryl methyl sites for hydroxylation is 1. The Hall–Kier alpha value is -3.17. The lowest BCUT2D eigenvalue weighted by molar-refractivity contribution is -0.140. The van der Waals surface area contributed by atoms with Gasteiger partial charge < -0.3 is 10.2 Å². The second-order valence-corrected chi connectivity index (χ2v) is 13.5. The fraction of sp³-hybridized carbons (Fsp3) is 0.333. The van der Waals surface area contributed by atoms with Crippen LogP contribution in [0.25, 0.3) is 0 Å². The zero-order valence-electron chi connectivity index (χ0n) is 23.0. The van der Waals surface area contributed by atoms with Gasteiger partial charge in [0, 0.05) is 23.0 Å². The summed E-state index contributed by atoms with van der Waals surface area (Å²) in [7, 11) is -3.79. The van der Waals surface area contributed by atoms with Gasteiger partial charge in [-0.25, -0.2) is 8.42 Å². The van der Waals surface area contributed by atoms with Gasteiger partial charge in [-0.15, -0.1) is 0 Å². The van der Waals surface area contributed by atoms with Crippen molar-refractivity contribution in [2.24, 2.45) is 0 Å². The number of benzene rings is 3. The summed E-state index contributed by atoms with van der Waals surface area (Å²) in [5.41, 5.74) is 2.53. The van der Waals surface area contributed by atoms with Crippen LogP contribution < -0.4 is 9.62 Å². The number of nitrogens with zero attached hydrogens (tertiary/aromatic N) is 2. The highest BCUT2D eigenvalue weighted by Crippen LogP contribution is 2.22. The summed E-state index contributed by atoms with van der Waals surface area (Å²) in [5.74, 6) is -0.785. The molecule has 3 rings (SSSR count). The summed E-state index contributed by atoms with van der Waals surface area (Å²) < 4.78 is 27.6. The van der Waals surface area contributed by atoms with Crippen molar-refractivity contribution in [3.05, 3.63) is 100 Å². The number of anilines is 1. The molecule has 0 fully saturated rings. The van der Waals surface area contributed by atoms with Gasteiger partial charge in [-0.3, -0.25) is 13.9 Å². The zero-order chi connectivity index (χ0) is 28.8. The third kappa shape index (κ3) is 9.21. The highest BCUT2D eigenvalue weighted by molar-refractivity contribution is 9.10. The Kier molecular flexibility index (Phi) is 9.96. The first-order valence-corrected chi connectivity index (χ1v) is 15.3. The van der Waals surface area contributed by atoms with E-state index in [1.807, 2.05) is 82.3 Å². The van der Waals surface area contributed by atoms with E-state index in [2.05, 4.69) is 21.2 Å². The van der Waals surface area contributed by atoms with Crippen LogP contribution in [0.5, 0.6) is 0 Å².